The first-order chi connectivity index (χ1) is 59.6. The molecular weight excluding hydrogens is 1620 g/mol. The second-order valence-electron chi connectivity index (χ2n) is 32.1. The molecule has 23 nitrogen and oxygen atoms in total. The minimum Gasteiger partial charge on any atom is -0.464 e. The maximum Gasteiger partial charge on any atom is 0.274 e. The Morgan fingerprint density at radius 3 is 1.21 bits per heavy atom. The minimum atomic E-state index is -0.405. The molecule has 3 aliphatic rings. The number of carbonyl (C=O) groups is 3. The molecule has 6 aromatic heterocycles. The van der Waals surface area contributed by atoms with Crippen LogP contribution in [0.15, 0.2) is 221 Å². The molecule has 13 aromatic rings. The van der Waals surface area contributed by atoms with Gasteiger partial charge in [-0.2, -0.15) is 5.10 Å². The van der Waals surface area contributed by atoms with Crippen LogP contribution >= 0.6 is 34.8 Å². The topological polar surface area (TPSA) is 230 Å². The number of nitrogens with zero attached hydrogens (tertiary/aromatic N) is 14. The Bertz CT molecular complexity index is 6820. The molecule has 3 aliphatic heterocycles. The number of piperazine rings is 3. The Labute approximate surface area is 733 Å². The molecule has 0 bridgehead atoms. The standard InChI is InChI=1S/C35H31ClN4O3.C33H33ClN6O2.C30H29ClN6O2/c1-6-31(41)38-15-16-39(22(4)20-38)33-27-18-28(36)26(25-12-9-10-23-14-17-43-34(23)25)19-30(27)40(35(42)32(33)37-5)29-13-8-7-11-24(29)21(2)3;1-7-30(41)38-14-15-39(20(4)18-38)32-25-16-26(34)24(23-12-13-29(35)37-21(23)5)17-28(25)40(33(42)31(32)36-6)27-11-9-8-10-22(27)19(2)3;1-6-27(38)35-11-12-36(19(4)17-35)29-23-13-24(31)22(20-15-33-34-16-20)14-26(23)37(30(39)28(29)32-5)25-10-8-7-9-21(25)18(2)3/h6-14,17-19,21-22H,1,15-16,20H2,2-4H3;7-13,16-17,19-20H,1,14-15,18H2,2-5H3,(H2,35,37);6-10,13-16,18-19H,1,11-12,17H2,2-4H3,(H,33,34)/t22-;20-;19-/m000/s1. The van der Waals surface area contributed by atoms with Crippen molar-refractivity contribution in [3.8, 4) is 50.4 Å². The molecule has 16 rings (SSSR count). The highest BCUT2D eigenvalue weighted by atomic mass is 35.5. The summed E-state index contributed by atoms with van der Waals surface area (Å²) in [6.07, 6.45) is 9.03. The smallest absolute Gasteiger partial charge is 0.274 e. The Hall–Kier alpha value is -13.8. The molecule has 3 N–H and O–H groups in total. The van der Waals surface area contributed by atoms with Gasteiger partial charge in [0.15, 0.2) is 0 Å². The first-order valence-electron chi connectivity index (χ1n) is 41.0. The van der Waals surface area contributed by atoms with Crippen molar-refractivity contribution in [2.24, 2.45) is 0 Å². The number of anilines is 4. The summed E-state index contributed by atoms with van der Waals surface area (Å²) < 4.78 is 10.8. The molecule has 0 unspecified atom stereocenters. The van der Waals surface area contributed by atoms with E-state index in [1.165, 1.54) is 18.2 Å². The van der Waals surface area contributed by atoms with E-state index in [0.717, 1.165) is 61.3 Å². The number of aromatic amines is 1. The van der Waals surface area contributed by atoms with E-state index in [1.54, 1.807) is 53.1 Å². The number of amides is 3. The van der Waals surface area contributed by atoms with Gasteiger partial charge in [0.25, 0.3) is 33.7 Å². The zero-order valence-electron chi connectivity index (χ0n) is 70.6. The Morgan fingerprint density at radius 2 is 0.863 bits per heavy atom. The first-order valence-corrected chi connectivity index (χ1v) is 42.1. The van der Waals surface area contributed by atoms with E-state index in [2.05, 4.69) is 106 Å². The number of furan rings is 1. The van der Waals surface area contributed by atoms with Gasteiger partial charge in [0.2, 0.25) is 17.7 Å². The van der Waals surface area contributed by atoms with Crippen LogP contribution in [0, 0.1) is 26.6 Å². The van der Waals surface area contributed by atoms with Crippen molar-refractivity contribution in [3.63, 3.8) is 0 Å². The van der Waals surface area contributed by atoms with Crippen LogP contribution in [-0.2, 0) is 14.4 Å². The number of para-hydroxylation sites is 4. The van der Waals surface area contributed by atoms with Crippen molar-refractivity contribution in [3.05, 3.63) is 305 Å². The molecule has 3 amide bonds. The van der Waals surface area contributed by atoms with E-state index >= 15 is 0 Å². The number of nitrogen functional groups attached to an aromatic ring is 1. The second kappa shape index (κ2) is 36.1. The molecule has 3 saturated heterocycles. The SMILES string of the molecule is [C-]#[N+]c1c(N2CCN(C(=O)C=C)C[C@@H]2C)c2cc(Cl)c(-c3ccc(N)nc3C)cc2n(-c2ccccc2C(C)C)c1=O.[C-]#[N+]c1c(N2CCN(C(=O)C=C)C[C@@H]2C)c2cc(Cl)c(-c3cccc4ccoc34)cc2n(-c2ccccc2C(C)C)c1=O.[C-]#[N+]c1c(N2CCN(C(=O)C=C)C[C@@H]2C)c2cc(Cl)c(-c3cn[nH]c3)cc2n(-c2ccccc2C(C)C)c1=O. The highest BCUT2D eigenvalue weighted by Crippen LogP contribution is 2.48. The highest BCUT2D eigenvalue weighted by molar-refractivity contribution is 6.36. The number of hydrogen-bond acceptors (Lipinski definition) is 13. The predicted molar refractivity (Wildman–Crippen MR) is 501 cm³/mol. The van der Waals surface area contributed by atoms with Crippen molar-refractivity contribution >= 4 is 136 Å². The third kappa shape index (κ3) is 16.1. The molecule has 7 aromatic carbocycles. The van der Waals surface area contributed by atoms with Gasteiger partial charge in [-0.3, -0.25) is 47.6 Å². The summed E-state index contributed by atoms with van der Waals surface area (Å²) in [6.45, 7) is 59.6. The molecule has 3 fully saturated rings. The fourth-order valence-corrected chi connectivity index (χ4v) is 18.3. The van der Waals surface area contributed by atoms with Gasteiger partial charge in [-0.25, -0.2) is 19.5 Å². The first kappa shape index (κ1) is 86.6. The normalized spacial score (nSPS) is 15.3. The summed E-state index contributed by atoms with van der Waals surface area (Å²) >= 11 is 20.9. The van der Waals surface area contributed by atoms with Crippen molar-refractivity contribution in [2.45, 2.75) is 105 Å². The molecule has 3 atom stereocenters. The Morgan fingerprint density at radius 1 is 0.492 bits per heavy atom. The number of aromatic nitrogens is 6. The van der Waals surface area contributed by atoms with Gasteiger partial charge in [0.05, 0.1) is 82.9 Å². The molecule has 628 valence electrons. The zero-order chi connectivity index (χ0) is 88.5. The number of rotatable bonds is 15. The van der Waals surface area contributed by atoms with Gasteiger partial charge in [-0.1, -0.05) is 169 Å². The Balaban J connectivity index is 0.000000152. The highest BCUT2D eigenvalue weighted by Gasteiger charge is 2.37. The molecule has 0 saturated carbocycles. The van der Waals surface area contributed by atoms with Crippen LogP contribution < -0.4 is 37.1 Å². The number of H-pyrrole nitrogens is 1. The lowest BCUT2D eigenvalue weighted by Gasteiger charge is -2.42. The summed E-state index contributed by atoms with van der Waals surface area (Å²) in [5.41, 5.74) is 19.5. The third-order valence-electron chi connectivity index (χ3n) is 23.5. The number of halogens is 3. The zero-order valence-corrected chi connectivity index (χ0v) is 72.9. The van der Waals surface area contributed by atoms with Crippen molar-refractivity contribution in [2.75, 3.05) is 79.3 Å². The lowest BCUT2D eigenvalue weighted by molar-refractivity contribution is -0.127. The van der Waals surface area contributed by atoms with E-state index in [1.807, 2.05) is 167 Å². The summed E-state index contributed by atoms with van der Waals surface area (Å²) in [5.74, 6) is 0.405. The number of pyridine rings is 4. The fourth-order valence-electron chi connectivity index (χ4n) is 17.5. The second-order valence-corrected chi connectivity index (χ2v) is 33.4. The average molecular weight is 1710 g/mol. The van der Waals surface area contributed by atoms with Crippen molar-refractivity contribution < 1.29 is 18.8 Å². The lowest BCUT2D eigenvalue weighted by atomic mass is 9.98. The molecular formula is C98H93Cl3N16O7. The van der Waals surface area contributed by atoms with Crippen LogP contribution in [0.3, 0.4) is 0 Å². The number of carbonyl (C=O) groups excluding carboxylic acids is 3. The van der Waals surface area contributed by atoms with Crippen LogP contribution in [0.25, 0.3) is 109 Å². The van der Waals surface area contributed by atoms with Crippen LogP contribution in [0.2, 0.25) is 15.1 Å². The number of benzene rings is 7. The Kier molecular flexibility index (Phi) is 25.2. The maximum atomic E-state index is 14.5. The number of hydrogen-bond donors (Lipinski definition) is 2. The van der Waals surface area contributed by atoms with Gasteiger partial charge in [-0.15, -0.1) is 0 Å². The molecule has 124 heavy (non-hydrogen) atoms. The third-order valence-corrected chi connectivity index (χ3v) is 24.5. The molecule has 9 heterocycles. The summed E-state index contributed by atoms with van der Waals surface area (Å²) in [5, 5.41) is 11.3. The quantitative estimate of drug-likeness (QED) is 0.0719. The number of nitrogens with one attached hydrogen (secondary N) is 1. The van der Waals surface area contributed by atoms with Crippen molar-refractivity contribution in [1.29, 1.82) is 0 Å². The van der Waals surface area contributed by atoms with Gasteiger partial charge < -0.3 is 39.6 Å². The van der Waals surface area contributed by atoms with Crippen LogP contribution in [0.1, 0.15) is 102 Å². The minimum absolute atomic E-state index is 0.0190. The van der Waals surface area contributed by atoms with E-state index in [0.29, 0.717) is 152 Å². The number of aryl methyl sites for hydroxylation is 1. The molecule has 0 aliphatic carbocycles. The van der Waals surface area contributed by atoms with E-state index in [4.69, 9.17) is 64.7 Å². The summed E-state index contributed by atoms with van der Waals surface area (Å²) in [6, 6.07) is 45.6. The van der Waals surface area contributed by atoms with Crippen molar-refractivity contribution in [1.82, 2.24) is 43.6 Å². The average Bonchev–Trinajstić information content (AvgIpc) is 1.18. The summed E-state index contributed by atoms with van der Waals surface area (Å²) in [7, 11) is 0. The molecule has 0 spiro atoms. The van der Waals surface area contributed by atoms with E-state index < -0.39 is 16.7 Å². The monoisotopic (exact) mass is 1710 g/mol. The van der Waals surface area contributed by atoms with Gasteiger partial charge in [0.1, 0.15) is 11.4 Å². The maximum absolute atomic E-state index is 14.5. The van der Waals surface area contributed by atoms with Gasteiger partial charge in [-0.05, 0) is 153 Å². The lowest BCUT2D eigenvalue weighted by Crippen LogP contribution is -2.53. The number of fused-ring (bicyclic) bond motifs is 4. The summed E-state index contributed by atoms with van der Waals surface area (Å²) in [4.78, 5) is 107. The molecule has 0 radical (unpaired) electrons. The molecule has 26 heteroatoms. The largest absolute Gasteiger partial charge is 0.464 e. The number of nitrogens with two attached hydrogens (primary N) is 1. The van der Waals surface area contributed by atoms with Crippen LogP contribution in [0.4, 0.5) is 39.9 Å². The van der Waals surface area contributed by atoms with Gasteiger partial charge in [0, 0.05) is 159 Å². The van der Waals surface area contributed by atoms with Crippen LogP contribution in [-0.4, -0.2) is 138 Å². The predicted octanol–water partition coefficient (Wildman–Crippen LogP) is 20.4. The fraction of sp³-hybridized carbons (Fsp3) is 0.255. The van der Waals surface area contributed by atoms with Crippen LogP contribution in [0.5, 0.6) is 0 Å². The van der Waals surface area contributed by atoms with Gasteiger partial charge >= 0.3 is 0 Å². The van der Waals surface area contributed by atoms with E-state index in [9.17, 15) is 28.8 Å². The van der Waals surface area contributed by atoms with E-state index in [-0.39, 0.29) is 70.7 Å².